The molecule has 4 rings (SSSR count). The molecule has 1 atom stereocenters. The number of Topliss-reactive ketones (excluding diaryl/α,β-unsaturated/α-hetero) is 1. The average molecular weight is 339 g/mol. The van der Waals surface area contributed by atoms with E-state index >= 15 is 0 Å². The Kier molecular flexibility index (Phi) is 4.49. The molecule has 1 unspecified atom stereocenters. The van der Waals surface area contributed by atoms with Gasteiger partial charge in [-0.2, -0.15) is 0 Å². The summed E-state index contributed by atoms with van der Waals surface area (Å²) in [7, 11) is 0. The molecule has 0 amide bonds. The largest absolute Gasteiger partial charge is 0.294 e. The van der Waals surface area contributed by atoms with Crippen molar-refractivity contribution in [2.75, 3.05) is 0 Å². The maximum absolute atomic E-state index is 12.6. The molecule has 0 spiro atoms. The van der Waals surface area contributed by atoms with Crippen LogP contribution in [0.2, 0.25) is 0 Å². The highest BCUT2D eigenvalue weighted by Crippen LogP contribution is 2.40. The predicted molar refractivity (Wildman–Crippen MR) is 106 cm³/mol. The smallest absolute Gasteiger partial charge is 0.162 e. The van der Waals surface area contributed by atoms with Gasteiger partial charge in [-0.25, -0.2) is 0 Å². The van der Waals surface area contributed by atoms with Crippen LogP contribution in [0.3, 0.4) is 0 Å². The van der Waals surface area contributed by atoms with Crippen LogP contribution in [0.5, 0.6) is 0 Å². The molecular weight excluding hydrogens is 318 g/mol. The van der Waals surface area contributed by atoms with Gasteiger partial charge in [0.2, 0.25) is 0 Å². The minimum absolute atomic E-state index is 0.188. The van der Waals surface area contributed by atoms with Crippen molar-refractivity contribution in [1.29, 1.82) is 0 Å². The zero-order valence-corrected chi connectivity index (χ0v) is 14.6. The summed E-state index contributed by atoms with van der Waals surface area (Å²) >= 11 is 0. The first-order valence-corrected chi connectivity index (χ1v) is 9.05. The van der Waals surface area contributed by atoms with Crippen molar-refractivity contribution in [3.05, 3.63) is 108 Å². The number of rotatable bonds is 7. The van der Waals surface area contributed by atoms with E-state index < -0.39 is 0 Å². The third-order valence-corrected chi connectivity index (χ3v) is 4.96. The van der Waals surface area contributed by atoms with Gasteiger partial charge in [0.25, 0.3) is 0 Å². The van der Waals surface area contributed by atoms with Crippen LogP contribution in [0, 0.1) is 0 Å². The van der Waals surface area contributed by atoms with Crippen molar-refractivity contribution in [2.45, 2.75) is 24.8 Å². The zero-order chi connectivity index (χ0) is 17.8. The van der Waals surface area contributed by atoms with Crippen LogP contribution in [-0.2, 0) is 6.42 Å². The fourth-order valence-corrected chi connectivity index (χ4v) is 3.52. The number of hydrogen-bond donors (Lipinski definition) is 0. The second-order valence-electron chi connectivity index (χ2n) is 6.81. The normalized spacial score (nSPS) is 18.2. The Morgan fingerprint density at radius 1 is 0.769 bits per heavy atom. The van der Waals surface area contributed by atoms with Crippen LogP contribution < -0.4 is 0 Å². The highest BCUT2D eigenvalue weighted by molar-refractivity contribution is 6.17. The van der Waals surface area contributed by atoms with Crippen molar-refractivity contribution in [3.63, 3.8) is 0 Å². The van der Waals surface area contributed by atoms with E-state index in [0.29, 0.717) is 6.42 Å². The van der Waals surface area contributed by atoms with Crippen LogP contribution in [0.1, 0.15) is 34.3 Å². The fourth-order valence-electron chi connectivity index (χ4n) is 3.52. The third kappa shape index (κ3) is 3.50. The van der Waals surface area contributed by atoms with E-state index in [9.17, 15) is 4.79 Å². The molecule has 0 radical (unpaired) electrons. The monoisotopic (exact) mass is 339 g/mol. The number of nitrogens with zero attached hydrogens (tertiary/aromatic N) is 1. The van der Waals surface area contributed by atoms with Gasteiger partial charge in [-0.05, 0) is 17.5 Å². The maximum Gasteiger partial charge on any atom is 0.162 e. The molecule has 1 heterocycles. The van der Waals surface area contributed by atoms with E-state index in [0.717, 1.165) is 29.7 Å². The van der Waals surface area contributed by atoms with Crippen molar-refractivity contribution in [3.8, 4) is 0 Å². The molecule has 0 fully saturated rings. The van der Waals surface area contributed by atoms with Gasteiger partial charge in [0.05, 0.1) is 5.71 Å². The Morgan fingerprint density at radius 2 is 1.35 bits per heavy atom. The highest BCUT2D eigenvalue weighted by Gasteiger charge is 2.47. The van der Waals surface area contributed by atoms with Crippen LogP contribution >= 0.6 is 0 Å². The number of carbonyl (C=O) groups is 1. The summed E-state index contributed by atoms with van der Waals surface area (Å²) in [6.07, 6.45) is 2.11. The van der Waals surface area contributed by atoms with Gasteiger partial charge in [0.15, 0.2) is 5.78 Å². The molecule has 1 aliphatic rings. The molecule has 3 aromatic carbocycles. The first-order valence-electron chi connectivity index (χ1n) is 9.05. The summed E-state index contributed by atoms with van der Waals surface area (Å²) in [4.78, 5) is 17.4. The van der Waals surface area contributed by atoms with Gasteiger partial charge >= 0.3 is 0 Å². The molecule has 0 bridgehead atoms. The molecule has 3 aromatic rings. The van der Waals surface area contributed by atoms with Crippen molar-refractivity contribution in [2.24, 2.45) is 4.99 Å². The molecule has 0 aromatic heterocycles. The summed E-state index contributed by atoms with van der Waals surface area (Å²) < 4.78 is 0. The molecule has 26 heavy (non-hydrogen) atoms. The molecule has 0 aliphatic carbocycles. The number of carbonyl (C=O) groups excluding carboxylic acids is 1. The van der Waals surface area contributed by atoms with Gasteiger partial charge in [0.1, 0.15) is 5.54 Å². The van der Waals surface area contributed by atoms with Gasteiger partial charge in [-0.1, -0.05) is 91.0 Å². The van der Waals surface area contributed by atoms with E-state index in [-0.39, 0.29) is 11.3 Å². The number of hydrogen-bond acceptors (Lipinski definition) is 2. The lowest BCUT2D eigenvalue weighted by Gasteiger charge is -2.16. The number of ketones is 1. The van der Waals surface area contributed by atoms with E-state index in [1.165, 1.54) is 5.56 Å². The second kappa shape index (κ2) is 7.09. The third-order valence-electron chi connectivity index (χ3n) is 4.96. The first-order chi connectivity index (χ1) is 12.8. The Morgan fingerprint density at radius 3 is 2.00 bits per heavy atom. The Hall–Kier alpha value is -3.00. The predicted octanol–water partition coefficient (Wildman–Crippen LogP) is 5.13. The minimum atomic E-state index is -0.243. The first kappa shape index (κ1) is 16.5. The lowest BCUT2D eigenvalue weighted by atomic mass is 9.86. The van der Waals surface area contributed by atoms with Crippen LogP contribution in [-0.4, -0.2) is 17.0 Å². The topological polar surface area (TPSA) is 29.4 Å². The Balaban J connectivity index is 1.52. The molecular formula is C24H21NO. The molecule has 128 valence electrons. The fraction of sp³-hybridized carbons (Fsp3) is 0.167. The summed E-state index contributed by atoms with van der Waals surface area (Å²) in [5.74, 6) is 0.188. The molecule has 0 N–H and O–H groups in total. The summed E-state index contributed by atoms with van der Waals surface area (Å²) in [5, 5.41) is 0. The second-order valence-corrected chi connectivity index (χ2v) is 6.81. The number of benzene rings is 3. The van der Waals surface area contributed by atoms with Crippen molar-refractivity contribution >= 4 is 11.5 Å². The zero-order valence-electron chi connectivity index (χ0n) is 14.6. The van der Waals surface area contributed by atoms with Gasteiger partial charge in [-0.15, -0.1) is 0 Å². The Bertz CT molecular complexity index is 916. The van der Waals surface area contributed by atoms with Crippen molar-refractivity contribution in [1.82, 2.24) is 0 Å². The lowest BCUT2D eigenvalue weighted by molar-refractivity contribution is 0.0976. The standard InChI is InChI=1S/C24H21NO/c26-22(20-12-6-2-7-13-20)16-17-24(18-19-10-4-1-5-11-19)23(25-24)21-14-8-3-9-15-21/h1-15H,16-18H2. The van der Waals surface area contributed by atoms with Crippen LogP contribution in [0.25, 0.3) is 0 Å². The van der Waals surface area contributed by atoms with Gasteiger partial charge in [0, 0.05) is 18.4 Å². The lowest BCUT2D eigenvalue weighted by Crippen LogP contribution is -2.24. The maximum atomic E-state index is 12.6. The van der Waals surface area contributed by atoms with E-state index in [1.807, 2.05) is 54.6 Å². The van der Waals surface area contributed by atoms with Crippen LogP contribution in [0.4, 0.5) is 0 Å². The summed E-state index contributed by atoms with van der Waals surface area (Å²) in [5.41, 5.74) is 4.09. The Labute approximate surface area is 154 Å². The van der Waals surface area contributed by atoms with Crippen LogP contribution in [0.15, 0.2) is 96.0 Å². The van der Waals surface area contributed by atoms with E-state index in [4.69, 9.17) is 4.99 Å². The van der Waals surface area contributed by atoms with Gasteiger partial charge < -0.3 is 0 Å². The number of aliphatic imine (C=N–C) groups is 1. The quantitative estimate of drug-likeness (QED) is 0.548. The molecule has 2 heteroatoms. The highest BCUT2D eigenvalue weighted by atomic mass is 16.1. The molecule has 1 aliphatic heterocycles. The average Bonchev–Trinajstić information content (AvgIpc) is 3.42. The summed E-state index contributed by atoms with van der Waals surface area (Å²) in [6.45, 7) is 0. The molecule has 0 saturated carbocycles. The molecule has 0 saturated heterocycles. The molecule has 2 nitrogen and oxygen atoms in total. The summed E-state index contributed by atoms with van der Waals surface area (Å²) in [6, 6.07) is 30.3. The van der Waals surface area contributed by atoms with Gasteiger partial charge in [-0.3, -0.25) is 9.79 Å². The van der Waals surface area contributed by atoms with E-state index in [2.05, 4.69) is 36.4 Å². The van der Waals surface area contributed by atoms with Crippen molar-refractivity contribution < 1.29 is 4.79 Å². The SMILES string of the molecule is O=C(CCC1(Cc2ccccc2)N=C1c1ccccc1)c1ccccc1. The van der Waals surface area contributed by atoms with E-state index in [1.54, 1.807) is 0 Å². The minimum Gasteiger partial charge on any atom is -0.294 e.